The molecule has 0 rings (SSSR count). The van der Waals surface area contributed by atoms with Crippen molar-refractivity contribution >= 4 is 11.6 Å². The molecule has 0 aliphatic rings. The van der Waals surface area contributed by atoms with Crippen LogP contribution in [0.2, 0.25) is 0 Å². The van der Waals surface area contributed by atoms with Crippen molar-refractivity contribution in [3.8, 4) is 0 Å². The van der Waals surface area contributed by atoms with Gasteiger partial charge in [-0.1, -0.05) is 39.8 Å². The van der Waals surface area contributed by atoms with Crippen LogP contribution >= 0.6 is 0 Å². The van der Waals surface area contributed by atoms with Crippen molar-refractivity contribution in [2.45, 2.75) is 106 Å². The minimum absolute atomic E-state index is 0.0221. The lowest BCUT2D eigenvalue weighted by molar-refractivity contribution is -0.119. The van der Waals surface area contributed by atoms with Crippen molar-refractivity contribution < 1.29 is 18.4 Å². The highest BCUT2D eigenvalue weighted by molar-refractivity contribution is 6.07. The Morgan fingerprint density at radius 3 is 1.97 bits per heavy atom. The van der Waals surface area contributed by atoms with E-state index in [9.17, 15) is 18.4 Å². The summed E-state index contributed by atoms with van der Waals surface area (Å²) >= 11 is 0. The summed E-state index contributed by atoms with van der Waals surface area (Å²) in [6.45, 7) is 21.8. The first kappa shape index (κ1) is 32.9. The third kappa shape index (κ3) is 10.6. The fraction of sp³-hybridized carbons (Fsp3) is 0.655. The summed E-state index contributed by atoms with van der Waals surface area (Å²) in [4.78, 5) is 28.1. The van der Waals surface area contributed by atoms with E-state index in [-0.39, 0.29) is 28.6 Å². The van der Waals surface area contributed by atoms with E-state index in [0.29, 0.717) is 35.4 Å². The molecule has 0 bridgehead atoms. The van der Waals surface area contributed by atoms with Gasteiger partial charge < -0.3 is 5.32 Å². The van der Waals surface area contributed by atoms with Gasteiger partial charge in [-0.3, -0.25) is 14.5 Å². The lowest BCUT2D eigenvalue weighted by Crippen LogP contribution is -2.44. The fourth-order valence-electron chi connectivity index (χ4n) is 3.45. The van der Waals surface area contributed by atoms with Gasteiger partial charge in [0.1, 0.15) is 0 Å². The SMILES string of the molecule is C=C(C)/C(=C\C=C(\NC(CCC)C(=O)/C(CN(C)C(C)(C)C)=C(/C)C(C)=O)C(C)CC)C(C)(F)F. The predicted octanol–water partition coefficient (Wildman–Crippen LogP) is 7.04. The third-order valence-electron chi connectivity index (χ3n) is 6.56. The average molecular weight is 495 g/mol. The quantitative estimate of drug-likeness (QED) is 0.208. The molecular formula is C29H48F2N2O2. The molecule has 200 valence electrons. The van der Waals surface area contributed by atoms with Gasteiger partial charge in [0, 0.05) is 35.9 Å². The number of allylic oxidation sites excluding steroid dienone is 6. The Kier molecular flexibility index (Phi) is 13.0. The Morgan fingerprint density at radius 2 is 1.60 bits per heavy atom. The lowest BCUT2D eigenvalue weighted by atomic mass is 9.92. The molecule has 0 heterocycles. The first-order valence-electron chi connectivity index (χ1n) is 12.6. The van der Waals surface area contributed by atoms with Crippen LogP contribution in [0.3, 0.4) is 0 Å². The minimum atomic E-state index is -3.02. The Morgan fingerprint density at radius 1 is 1.06 bits per heavy atom. The molecule has 0 amide bonds. The maximum absolute atomic E-state index is 14.1. The summed E-state index contributed by atoms with van der Waals surface area (Å²) in [7, 11) is 1.93. The summed E-state index contributed by atoms with van der Waals surface area (Å²) in [5, 5.41) is 3.37. The maximum atomic E-state index is 14.1. The van der Waals surface area contributed by atoms with Gasteiger partial charge in [-0.25, -0.2) is 8.78 Å². The number of alkyl halides is 2. The standard InChI is InChI=1S/C29H48F2N2O2/c1-13-15-26(27(35)23(21(6)22(7)34)18-33(12)28(8,9)10)32-25(20(5)14-2)17-16-24(19(3)4)29(11,30)31/h16-17,20,26,32H,3,13-15,18H2,1-2,4-12H3/b23-21-,24-16+,25-17+. The van der Waals surface area contributed by atoms with E-state index in [1.165, 1.54) is 13.0 Å². The largest absolute Gasteiger partial charge is 0.378 e. The number of ketones is 2. The topological polar surface area (TPSA) is 49.4 Å². The summed E-state index contributed by atoms with van der Waals surface area (Å²) < 4.78 is 28.2. The molecule has 0 saturated carbocycles. The lowest BCUT2D eigenvalue weighted by Gasteiger charge is -2.34. The van der Waals surface area contributed by atoms with Crippen LogP contribution in [0, 0.1) is 5.92 Å². The van der Waals surface area contributed by atoms with E-state index in [4.69, 9.17) is 0 Å². The second kappa shape index (κ2) is 13.9. The fourth-order valence-corrected chi connectivity index (χ4v) is 3.45. The normalized spacial score (nSPS) is 16.1. The maximum Gasteiger partial charge on any atom is 0.270 e. The number of likely N-dealkylation sites (N-methyl/N-ethyl adjacent to an activating group) is 1. The zero-order chi connectivity index (χ0) is 27.7. The van der Waals surface area contributed by atoms with Crippen LogP contribution in [0.25, 0.3) is 0 Å². The molecule has 0 aromatic heterocycles. The van der Waals surface area contributed by atoms with Crippen LogP contribution in [0.5, 0.6) is 0 Å². The number of Topliss-reactive ketones (excluding diaryl/α,β-unsaturated/α-hetero) is 2. The Labute approximate surface area is 212 Å². The third-order valence-corrected chi connectivity index (χ3v) is 6.56. The van der Waals surface area contributed by atoms with E-state index in [1.807, 2.05) is 32.7 Å². The van der Waals surface area contributed by atoms with Gasteiger partial charge in [0.25, 0.3) is 5.92 Å². The number of carbonyl (C=O) groups excluding carboxylic acids is 2. The predicted molar refractivity (Wildman–Crippen MR) is 144 cm³/mol. The molecule has 0 aliphatic heterocycles. The van der Waals surface area contributed by atoms with E-state index in [1.54, 1.807) is 19.9 Å². The first-order valence-corrected chi connectivity index (χ1v) is 12.6. The molecule has 0 radical (unpaired) electrons. The van der Waals surface area contributed by atoms with E-state index < -0.39 is 12.0 Å². The molecule has 0 saturated heterocycles. The zero-order valence-electron chi connectivity index (χ0n) is 23.9. The molecule has 0 fully saturated rings. The number of rotatable bonds is 14. The van der Waals surface area contributed by atoms with Crippen molar-refractivity contribution in [3.05, 3.63) is 46.7 Å². The van der Waals surface area contributed by atoms with Gasteiger partial charge in [0.05, 0.1) is 6.04 Å². The van der Waals surface area contributed by atoms with Gasteiger partial charge in [0.15, 0.2) is 11.6 Å². The molecule has 2 unspecified atom stereocenters. The average Bonchev–Trinajstić information content (AvgIpc) is 2.72. The molecular weight excluding hydrogens is 446 g/mol. The highest BCUT2D eigenvalue weighted by atomic mass is 19.3. The molecule has 0 aromatic rings. The van der Waals surface area contributed by atoms with Crippen molar-refractivity contribution in [2.75, 3.05) is 13.6 Å². The van der Waals surface area contributed by atoms with Crippen LogP contribution in [0.1, 0.15) is 88.5 Å². The monoisotopic (exact) mass is 494 g/mol. The highest BCUT2D eigenvalue weighted by Crippen LogP contribution is 2.29. The van der Waals surface area contributed by atoms with E-state index in [0.717, 1.165) is 19.8 Å². The van der Waals surface area contributed by atoms with E-state index >= 15 is 0 Å². The Balaban J connectivity index is 6.52. The van der Waals surface area contributed by atoms with Gasteiger partial charge in [-0.15, -0.1) is 0 Å². The van der Waals surface area contributed by atoms with Crippen LogP contribution in [0.15, 0.2) is 46.7 Å². The van der Waals surface area contributed by atoms with Gasteiger partial charge in [-0.05, 0) is 84.6 Å². The van der Waals surface area contributed by atoms with Crippen LogP contribution < -0.4 is 5.32 Å². The molecule has 6 heteroatoms. The summed E-state index contributed by atoms with van der Waals surface area (Å²) in [6.07, 6.45) is 5.12. The molecule has 1 N–H and O–H groups in total. The number of hydrogen-bond donors (Lipinski definition) is 1. The second-order valence-electron chi connectivity index (χ2n) is 10.7. The van der Waals surface area contributed by atoms with Crippen molar-refractivity contribution in [1.29, 1.82) is 0 Å². The molecule has 4 nitrogen and oxygen atoms in total. The number of carbonyl (C=O) groups is 2. The Bertz CT molecular complexity index is 855. The van der Waals surface area contributed by atoms with Gasteiger partial charge in [0.2, 0.25) is 0 Å². The molecule has 0 aliphatic carbocycles. The number of nitrogens with one attached hydrogen (secondary N) is 1. The molecule has 35 heavy (non-hydrogen) atoms. The molecule has 2 atom stereocenters. The Hall–Kier alpha value is -2.08. The number of halogens is 2. The molecule has 0 aromatic carbocycles. The molecule has 0 spiro atoms. The summed E-state index contributed by atoms with van der Waals surface area (Å²) in [6, 6.07) is -0.568. The number of hydrogen-bond acceptors (Lipinski definition) is 4. The van der Waals surface area contributed by atoms with Crippen molar-refractivity contribution in [1.82, 2.24) is 10.2 Å². The summed E-state index contributed by atoms with van der Waals surface area (Å²) in [5.74, 6) is -3.26. The van der Waals surface area contributed by atoms with Crippen LogP contribution in [0.4, 0.5) is 8.78 Å². The van der Waals surface area contributed by atoms with Crippen molar-refractivity contribution in [3.63, 3.8) is 0 Å². The van der Waals surface area contributed by atoms with Gasteiger partial charge >= 0.3 is 0 Å². The number of nitrogens with zero attached hydrogens (tertiary/aromatic N) is 1. The summed E-state index contributed by atoms with van der Waals surface area (Å²) in [5.41, 5.74) is 1.63. The zero-order valence-corrected chi connectivity index (χ0v) is 23.9. The minimum Gasteiger partial charge on any atom is -0.378 e. The van der Waals surface area contributed by atoms with Crippen LogP contribution in [-0.2, 0) is 9.59 Å². The van der Waals surface area contributed by atoms with E-state index in [2.05, 4.69) is 32.7 Å². The second-order valence-corrected chi connectivity index (χ2v) is 10.7. The van der Waals surface area contributed by atoms with Crippen molar-refractivity contribution in [2.24, 2.45) is 5.92 Å². The smallest absolute Gasteiger partial charge is 0.270 e. The van der Waals surface area contributed by atoms with Gasteiger partial charge in [-0.2, -0.15) is 0 Å². The first-order chi connectivity index (χ1) is 15.9. The highest BCUT2D eigenvalue weighted by Gasteiger charge is 2.30. The van der Waals surface area contributed by atoms with Crippen LogP contribution in [-0.4, -0.2) is 47.6 Å².